The first-order chi connectivity index (χ1) is 18.1. The summed E-state index contributed by atoms with van der Waals surface area (Å²) in [4.78, 5) is 38.8. The first-order valence-electron chi connectivity index (χ1n) is 13.0. The minimum absolute atomic E-state index is 0.0377. The Kier molecular flexibility index (Phi) is 5.12. The van der Waals surface area contributed by atoms with Crippen LogP contribution in [0, 0.1) is 5.82 Å². The lowest BCUT2D eigenvalue weighted by Crippen LogP contribution is -2.45. The van der Waals surface area contributed by atoms with Crippen LogP contribution in [0.25, 0.3) is 27.8 Å². The smallest absolute Gasteiger partial charge is 0.320 e. The van der Waals surface area contributed by atoms with Crippen molar-refractivity contribution in [3.63, 3.8) is 0 Å². The fourth-order valence-corrected chi connectivity index (χ4v) is 6.23. The monoisotopic (exact) mass is 498 g/mol. The Morgan fingerprint density at radius 1 is 0.973 bits per heavy atom. The second-order valence-corrected chi connectivity index (χ2v) is 10.2. The summed E-state index contributed by atoms with van der Waals surface area (Å²) in [5, 5.41) is 0.788. The van der Waals surface area contributed by atoms with Crippen molar-refractivity contribution in [2.75, 3.05) is 19.6 Å². The predicted octanol–water partition coefficient (Wildman–Crippen LogP) is 4.52. The molecule has 0 saturated carbocycles. The van der Waals surface area contributed by atoms with Gasteiger partial charge < -0.3 is 14.4 Å². The Morgan fingerprint density at radius 2 is 1.84 bits per heavy atom. The number of piperidine rings is 1. The Bertz CT molecular complexity index is 1610. The molecule has 8 nitrogen and oxygen atoms in total. The van der Waals surface area contributed by atoms with Crippen LogP contribution < -0.4 is 0 Å². The van der Waals surface area contributed by atoms with E-state index >= 15 is 4.39 Å². The lowest BCUT2D eigenvalue weighted by atomic mass is 9.98. The molecule has 2 amide bonds. The summed E-state index contributed by atoms with van der Waals surface area (Å²) in [7, 11) is 0. The van der Waals surface area contributed by atoms with Crippen LogP contribution in [0.4, 0.5) is 9.18 Å². The zero-order chi connectivity index (χ0) is 25.1. The van der Waals surface area contributed by atoms with Crippen molar-refractivity contribution in [3.05, 3.63) is 65.6 Å². The lowest BCUT2D eigenvalue weighted by molar-refractivity contribution is -0.113. The van der Waals surface area contributed by atoms with E-state index in [9.17, 15) is 9.59 Å². The predicted molar refractivity (Wildman–Crippen MR) is 137 cm³/mol. The number of halogens is 1. The SMILES string of the molecule is O=C1CCC(c2cn3c4c(cc(F)cc24)CN(C(=O)N2CCCCC2)CC3)=C1c1cnc2ncccn12. The number of carbonyl (C=O) groups excluding carboxylic acids is 2. The minimum Gasteiger partial charge on any atom is -0.345 e. The number of Topliss-reactive ketones (excluding diaryl/α,β-unsaturated/α-hetero) is 1. The van der Waals surface area contributed by atoms with Gasteiger partial charge in [-0.3, -0.25) is 9.20 Å². The number of urea groups is 1. The largest absolute Gasteiger partial charge is 0.345 e. The Labute approximate surface area is 213 Å². The zero-order valence-corrected chi connectivity index (χ0v) is 20.5. The molecule has 37 heavy (non-hydrogen) atoms. The summed E-state index contributed by atoms with van der Waals surface area (Å²) >= 11 is 0. The van der Waals surface area contributed by atoms with Crippen LogP contribution >= 0.6 is 0 Å². The molecule has 1 aromatic carbocycles. The maximum atomic E-state index is 15.0. The first-order valence-corrected chi connectivity index (χ1v) is 13.0. The third-order valence-corrected chi connectivity index (χ3v) is 7.94. The molecule has 5 heterocycles. The van der Waals surface area contributed by atoms with Gasteiger partial charge in [0.05, 0.1) is 17.4 Å². The maximum absolute atomic E-state index is 15.0. The Hall–Kier alpha value is -4.01. The second-order valence-electron chi connectivity index (χ2n) is 10.2. The van der Waals surface area contributed by atoms with E-state index in [1.807, 2.05) is 32.7 Å². The third-order valence-electron chi connectivity index (χ3n) is 7.94. The van der Waals surface area contributed by atoms with Crippen molar-refractivity contribution in [1.82, 2.24) is 28.7 Å². The number of fused-ring (bicyclic) bond motifs is 1. The molecule has 188 valence electrons. The van der Waals surface area contributed by atoms with Gasteiger partial charge in [0.2, 0.25) is 5.78 Å². The molecule has 0 unspecified atom stereocenters. The molecule has 2 aliphatic heterocycles. The van der Waals surface area contributed by atoms with Crippen molar-refractivity contribution < 1.29 is 14.0 Å². The van der Waals surface area contributed by atoms with Gasteiger partial charge in [0, 0.05) is 74.3 Å². The number of allylic oxidation sites excluding steroid dienone is 2. The summed E-state index contributed by atoms with van der Waals surface area (Å²) in [5.41, 5.74) is 4.88. The normalized spacial score (nSPS) is 18.4. The number of hydrogen-bond donors (Lipinski definition) is 0. The van der Waals surface area contributed by atoms with Crippen LogP contribution in [0.2, 0.25) is 0 Å². The Morgan fingerprint density at radius 3 is 2.70 bits per heavy atom. The molecular weight excluding hydrogens is 471 g/mol. The summed E-state index contributed by atoms with van der Waals surface area (Å²) in [5.74, 6) is 0.260. The fourth-order valence-electron chi connectivity index (χ4n) is 6.23. The molecule has 0 spiro atoms. The van der Waals surface area contributed by atoms with Gasteiger partial charge in [0.15, 0.2) is 5.78 Å². The van der Waals surface area contributed by atoms with Gasteiger partial charge >= 0.3 is 6.03 Å². The average molecular weight is 499 g/mol. The molecule has 7 rings (SSSR count). The van der Waals surface area contributed by atoms with Gasteiger partial charge in [-0.05, 0) is 55.0 Å². The second kappa shape index (κ2) is 8.54. The topological polar surface area (TPSA) is 75.7 Å². The van der Waals surface area contributed by atoms with Crippen molar-refractivity contribution >= 4 is 39.6 Å². The van der Waals surface area contributed by atoms with Crippen molar-refractivity contribution in [3.8, 4) is 0 Å². The minimum atomic E-state index is -0.334. The van der Waals surface area contributed by atoms with Gasteiger partial charge in [-0.1, -0.05) is 0 Å². The molecule has 1 saturated heterocycles. The number of carbonyl (C=O) groups is 2. The summed E-state index contributed by atoms with van der Waals surface area (Å²) in [6, 6.07) is 4.97. The van der Waals surface area contributed by atoms with Gasteiger partial charge in [-0.15, -0.1) is 0 Å². The summed E-state index contributed by atoms with van der Waals surface area (Å²) in [6.07, 6.45) is 11.5. The third kappa shape index (κ3) is 3.55. The molecule has 0 N–H and O–H groups in total. The first kappa shape index (κ1) is 22.2. The van der Waals surface area contributed by atoms with Crippen molar-refractivity contribution in [1.29, 1.82) is 0 Å². The number of hydrogen-bond acceptors (Lipinski definition) is 4. The quantitative estimate of drug-likeness (QED) is 0.407. The van der Waals surface area contributed by atoms with E-state index in [4.69, 9.17) is 0 Å². The van der Waals surface area contributed by atoms with E-state index in [-0.39, 0.29) is 17.6 Å². The highest BCUT2D eigenvalue weighted by atomic mass is 19.1. The van der Waals surface area contributed by atoms with Gasteiger partial charge in [0.25, 0.3) is 0 Å². The average Bonchev–Trinajstić information content (AvgIpc) is 3.57. The number of imidazole rings is 1. The number of amides is 2. The Balaban J connectivity index is 1.34. The van der Waals surface area contributed by atoms with Crippen LogP contribution in [0.15, 0.2) is 43.0 Å². The lowest BCUT2D eigenvalue weighted by Gasteiger charge is -2.32. The van der Waals surface area contributed by atoms with E-state index in [1.54, 1.807) is 24.5 Å². The van der Waals surface area contributed by atoms with E-state index in [1.165, 1.54) is 0 Å². The summed E-state index contributed by atoms with van der Waals surface area (Å²) in [6.45, 7) is 3.11. The van der Waals surface area contributed by atoms with Crippen molar-refractivity contribution in [2.24, 2.45) is 0 Å². The highest BCUT2D eigenvalue weighted by molar-refractivity contribution is 6.31. The number of rotatable bonds is 2. The highest BCUT2D eigenvalue weighted by Gasteiger charge is 2.32. The van der Waals surface area contributed by atoms with Crippen LogP contribution in [-0.2, 0) is 17.9 Å². The number of likely N-dealkylation sites (tertiary alicyclic amines) is 1. The van der Waals surface area contributed by atoms with Gasteiger partial charge in [-0.25, -0.2) is 19.2 Å². The molecule has 0 bridgehead atoms. The molecule has 0 radical (unpaired) electrons. The number of benzene rings is 1. The summed E-state index contributed by atoms with van der Waals surface area (Å²) < 4.78 is 19.0. The van der Waals surface area contributed by atoms with Crippen LogP contribution in [0.3, 0.4) is 0 Å². The van der Waals surface area contributed by atoms with Crippen LogP contribution in [0.1, 0.15) is 48.9 Å². The van der Waals surface area contributed by atoms with E-state index < -0.39 is 0 Å². The molecular formula is C28H27FN6O2. The number of aromatic nitrogens is 4. The van der Waals surface area contributed by atoms with Gasteiger partial charge in [0.1, 0.15) is 5.82 Å². The molecule has 3 aliphatic rings. The molecule has 9 heteroatoms. The fraction of sp³-hybridized carbons (Fsp3) is 0.357. The number of ketones is 1. The number of nitrogens with zero attached hydrogens (tertiary/aromatic N) is 6. The van der Waals surface area contributed by atoms with E-state index in [2.05, 4.69) is 14.5 Å². The molecule has 1 aliphatic carbocycles. The highest BCUT2D eigenvalue weighted by Crippen LogP contribution is 2.42. The van der Waals surface area contributed by atoms with Crippen LogP contribution in [0.5, 0.6) is 0 Å². The molecule has 1 fully saturated rings. The van der Waals surface area contributed by atoms with E-state index in [0.29, 0.717) is 49.5 Å². The maximum Gasteiger partial charge on any atom is 0.320 e. The molecule has 3 aromatic heterocycles. The van der Waals surface area contributed by atoms with Crippen LogP contribution in [-0.4, -0.2) is 60.2 Å². The van der Waals surface area contributed by atoms with Crippen molar-refractivity contribution in [2.45, 2.75) is 45.2 Å². The molecule has 4 aromatic rings. The standard InChI is InChI=1S/C28H27FN6O2/c29-19-13-18-16-34(28(37)32-8-2-1-3-9-32)12-11-33-17-22(21(14-19)26(18)33)20-5-6-24(36)25(20)23-15-31-27-30-7-4-10-35(23)27/h4,7,10,13-15,17H,1-3,5-6,8-9,11-12,16H2. The van der Waals surface area contributed by atoms with Gasteiger partial charge in [-0.2, -0.15) is 0 Å². The van der Waals surface area contributed by atoms with E-state index in [0.717, 1.165) is 60.0 Å². The zero-order valence-electron chi connectivity index (χ0n) is 20.5. The molecule has 0 atom stereocenters.